The predicted octanol–water partition coefficient (Wildman–Crippen LogP) is 5.45. The molecule has 4 heteroatoms. The third-order valence-electron chi connectivity index (χ3n) is 4.17. The van der Waals surface area contributed by atoms with E-state index in [2.05, 4.69) is 0 Å². The Kier molecular flexibility index (Phi) is 5.77. The summed E-state index contributed by atoms with van der Waals surface area (Å²) in [7, 11) is 0. The van der Waals surface area contributed by atoms with Crippen LogP contribution in [-0.4, -0.2) is 11.7 Å². The third kappa shape index (κ3) is 3.88. The van der Waals surface area contributed by atoms with E-state index in [1.54, 1.807) is 12.1 Å². The smallest absolute Gasteiger partial charge is 0.141 e. The number of benzene rings is 3. The van der Waals surface area contributed by atoms with Crippen molar-refractivity contribution in [2.75, 3.05) is 6.61 Å². The molecule has 0 unspecified atom stereocenters. The molecule has 0 saturated heterocycles. The molecule has 0 amide bonds. The fourth-order valence-electron chi connectivity index (χ4n) is 2.81. The van der Waals surface area contributed by atoms with Gasteiger partial charge in [0.05, 0.1) is 23.3 Å². The number of rotatable bonds is 6. The fourth-order valence-corrected chi connectivity index (χ4v) is 3.13. The summed E-state index contributed by atoms with van der Waals surface area (Å²) in [6, 6.07) is 24.8. The predicted molar refractivity (Wildman–Crippen MR) is 102 cm³/mol. The van der Waals surface area contributed by atoms with Crippen molar-refractivity contribution < 1.29 is 9.84 Å². The van der Waals surface area contributed by atoms with Gasteiger partial charge in [-0.2, -0.15) is 0 Å². The summed E-state index contributed by atoms with van der Waals surface area (Å²) >= 11 is 12.1. The van der Waals surface area contributed by atoms with Gasteiger partial charge in [-0.25, -0.2) is 0 Å². The van der Waals surface area contributed by atoms with Crippen LogP contribution in [0.4, 0.5) is 0 Å². The van der Waals surface area contributed by atoms with Crippen LogP contribution in [0.5, 0.6) is 0 Å². The van der Waals surface area contributed by atoms with Gasteiger partial charge in [-0.15, -0.1) is 0 Å². The number of ether oxygens (including phenoxy) is 1. The number of hydrogen-bond donors (Lipinski definition) is 1. The molecule has 0 bridgehead atoms. The van der Waals surface area contributed by atoms with Gasteiger partial charge in [-0.3, -0.25) is 0 Å². The zero-order valence-electron chi connectivity index (χ0n) is 13.5. The van der Waals surface area contributed by atoms with Gasteiger partial charge in [-0.1, -0.05) is 89.9 Å². The highest BCUT2D eigenvalue weighted by molar-refractivity contribution is 6.42. The van der Waals surface area contributed by atoms with E-state index in [1.165, 1.54) is 0 Å². The van der Waals surface area contributed by atoms with Crippen molar-refractivity contribution >= 4 is 23.2 Å². The van der Waals surface area contributed by atoms with Gasteiger partial charge < -0.3 is 9.84 Å². The Balaban J connectivity index is 1.98. The lowest BCUT2D eigenvalue weighted by Crippen LogP contribution is -2.35. The van der Waals surface area contributed by atoms with Gasteiger partial charge >= 0.3 is 0 Å². The van der Waals surface area contributed by atoms with E-state index in [9.17, 15) is 5.11 Å². The zero-order chi connectivity index (χ0) is 17.7. The summed E-state index contributed by atoms with van der Waals surface area (Å²) in [5.74, 6) is 0. The largest absolute Gasteiger partial charge is 0.393 e. The van der Waals surface area contributed by atoms with Crippen LogP contribution in [0.1, 0.15) is 16.7 Å². The number of hydrogen-bond acceptors (Lipinski definition) is 2. The summed E-state index contributed by atoms with van der Waals surface area (Å²) in [6.45, 7) is 0.115. The molecule has 3 aromatic rings. The Labute approximate surface area is 157 Å². The van der Waals surface area contributed by atoms with E-state index < -0.39 is 5.60 Å². The highest BCUT2D eigenvalue weighted by atomic mass is 35.5. The highest BCUT2D eigenvalue weighted by Gasteiger charge is 2.34. The molecule has 0 atom stereocenters. The van der Waals surface area contributed by atoms with Crippen molar-refractivity contribution in [1.29, 1.82) is 0 Å². The molecule has 0 spiro atoms. The average Bonchev–Trinajstić information content (AvgIpc) is 2.67. The van der Waals surface area contributed by atoms with Crippen molar-refractivity contribution in [2.45, 2.75) is 12.2 Å². The molecule has 0 radical (unpaired) electrons. The summed E-state index contributed by atoms with van der Waals surface area (Å²) in [5.41, 5.74) is 1.72. The summed E-state index contributed by atoms with van der Waals surface area (Å²) in [5, 5.41) is 11.3. The molecular formula is C21H18Cl2O2. The Morgan fingerprint density at radius 2 is 1.32 bits per heavy atom. The van der Waals surface area contributed by atoms with Crippen molar-refractivity contribution in [1.82, 2.24) is 0 Å². The van der Waals surface area contributed by atoms with Crippen LogP contribution < -0.4 is 0 Å². The van der Waals surface area contributed by atoms with Crippen molar-refractivity contribution in [2.24, 2.45) is 0 Å². The first-order valence-electron chi connectivity index (χ1n) is 7.95. The van der Waals surface area contributed by atoms with Crippen molar-refractivity contribution in [3.05, 3.63) is 106 Å². The Morgan fingerprint density at radius 3 is 1.80 bits per heavy atom. The van der Waals surface area contributed by atoms with Crippen LogP contribution in [-0.2, 0) is 16.9 Å². The van der Waals surface area contributed by atoms with Gasteiger partial charge in [0, 0.05) is 0 Å². The van der Waals surface area contributed by atoms with E-state index >= 15 is 0 Å². The quantitative estimate of drug-likeness (QED) is 0.623. The fraction of sp³-hybridized carbons (Fsp3) is 0.143. The molecule has 2 nitrogen and oxygen atoms in total. The summed E-state index contributed by atoms with van der Waals surface area (Å²) < 4.78 is 6.28. The van der Waals surface area contributed by atoms with Crippen LogP contribution >= 0.6 is 23.2 Å². The number of aliphatic hydroxyl groups excluding tert-OH is 1. The molecule has 3 rings (SSSR count). The van der Waals surface area contributed by atoms with E-state index in [-0.39, 0.29) is 6.61 Å². The number of aliphatic hydroxyl groups is 1. The second kappa shape index (κ2) is 8.03. The lowest BCUT2D eigenvalue weighted by molar-refractivity contribution is -0.0655. The molecule has 0 aromatic heterocycles. The number of halogens is 2. The highest BCUT2D eigenvalue weighted by Crippen LogP contribution is 2.34. The molecule has 0 saturated carbocycles. The first kappa shape index (κ1) is 18.0. The lowest BCUT2D eigenvalue weighted by atomic mass is 9.86. The van der Waals surface area contributed by atoms with E-state index in [4.69, 9.17) is 27.9 Å². The average molecular weight is 373 g/mol. The molecule has 1 N–H and O–H groups in total. The van der Waals surface area contributed by atoms with Gasteiger partial charge in [0.15, 0.2) is 0 Å². The molecule has 128 valence electrons. The van der Waals surface area contributed by atoms with Gasteiger partial charge in [-0.05, 0) is 28.8 Å². The summed E-state index contributed by atoms with van der Waals surface area (Å²) in [6.07, 6.45) is 0. The molecule has 25 heavy (non-hydrogen) atoms. The molecular weight excluding hydrogens is 355 g/mol. The molecule has 0 aliphatic heterocycles. The molecule has 0 aliphatic rings. The van der Waals surface area contributed by atoms with Gasteiger partial charge in [0.1, 0.15) is 5.60 Å². The monoisotopic (exact) mass is 372 g/mol. The van der Waals surface area contributed by atoms with Crippen LogP contribution in [0, 0.1) is 0 Å². The van der Waals surface area contributed by atoms with E-state index in [0.29, 0.717) is 16.7 Å². The van der Waals surface area contributed by atoms with Gasteiger partial charge in [0.25, 0.3) is 0 Å². The maximum Gasteiger partial charge on any atom is 0.141 e. The van der Waals surface area contributed by atoms with E-state index in [0.717, 1.165) is 16.7 Å². The second-order valence-electron chi connectivity index (χ2n) is 5.75. The normalized spacial score (nSPS) is 11.5. The van der Waals surface area contributed by atoms with Gasteiger partial charge in [0.2, 0.25) is 0 Å². The van der Waals surface area contributed by atoms with Crippen LogP contribution in [0.3, 0.4) is 0 Å². The molecule has 3 aromatic carbocycles. The molecule has 0 aliphatic carbocycles. The minimum atomic E-state index is -0.950. The third-order valence-corrected chi connectivity index (χ3v) is 4.91. The van der Waals surface area contributed by atoms with Crippen LogP contribution in [0.25, 0.3) is 0 Å². The molecule has 0 fully saturated rings. The SMILES string of the molecule is OCC(OCc1ccc(Cl)c(Cl)c1)(c1ccccc1)c1ccccc1. The maximum atomic E-state index is 10.3. The van der Waals surface area contributed by atoms with E-state index in [1.807, 2.05) is 66.7 Å². The minimum Gasteiger partial charge on any atom is -0.393 e. The second-order valence-corrected chi connectivity index (χ2v) is 6.57. The van der Waals surface area contributed by atoms with Crippen LogP contribution in [0.2, 0.25) is 10.0 Å². The standard InChI is InChI=1S/C21H18Cl2O2/c22-19-12-11-16(13-20(19)23)14-25-21(15-24,17-7-3-1-4-8-17)18-9-5-2-6-10-18/h1-13,24H,14-15H2. The first-order valence-corrected chi connectivity index (χ1v) is 8.71. The minimum absolute atomic E-state index is 0.178. The van der Waals surface area contributed by atoms with Crippen LogP contribution in [0.15, 0.2) is 78.9 Å². The Morgan fingerprint density at radius 1 is 0.760 bits per heavy atom. The first-order chi connectivity index (χ1) is 12.2. The van der Waals surface area contributed by atoms with Crippen molar-refractivity contribution in [3.8, 4) is 0 Å². The maximum absolute atomic E-state index is 10.3. The van der Waals surface area contributed by atoms with Crippen molar-refractivity contribution in [3.63, 3.8) is 0 Å². The lowest BCUT2D eigenvalue weighted by Gasteiger charge is -2.33. The Hall–Kier alpha value is -1.84. The summed E-state index contributed by atoms with van der Waals surface area (Å²) in [4.78, 5) is 0. The Bertz CT molecular complexity index is 780. The zero-order valence-corrected chi connectivity index (χ0v) is 15.0. The topological polar surface area (TPSA) is 29.5 Å². The molecule has 0 heterocycles.